The van der Waals surface area contributed by atoms with Crippen molar-refractivity contribution in [3.63, 3.8) is 0 Å². The molecule has 284 valence electrons. The van der Waals surface area contributed by atoms with Crippen molar-refractivity contribution in [1.29, 1.82) is 0 Å². The van der Waals surface area contributed by atoms with Gasteiger partial charge in [0.2, 0.25) is 0 Å². The normalized spacial score (nSPS) is 21.2. The Labute approximate surface area is 306 Å². The highest BCUT2D eigenvalue weighted by Crippen LogP contribution is 2.37. The molecule has 49 heavy (non-hydrogen) atoms. The fourth-order valence-corrected chi connectivity index (χ4v) is 7.55. The van der Waals surface area contributed by atoms with E-state index in [1.54, 1.807) is 0 Å². The Bertz CT molecular complexity index is 788. The maximum Gasteiger partial charge on any atom is 0.168 e. The van der Waals surface area contributed by atoms with Crippen LogP contribution in [0.15, 0.2) is 48.6 Å². The molecular formula is C46H83NO2. The summed E-state index contributed by atoms with van der Waals surface area (Å²) in [6.45, 7) is 7.84. The van der Waals surface area contributed by atoms with E-state index >= 15 is 0 Å². The first-order valence-corrected chi connectivity index (χ1v) is 21.8. The third-order valence-electron chi connectivity index (χ3n) is 10.9. The molecule has 2 fully saturated rings. The molecule has 0 aliphatic carbocycles. The average Bonchev–Trinajstić information content (AvgIpc) is 3.51. The lowest BCUT2D eigenvalue weighted by atomic mass is 9.91. The Balaban J connectivity index is 1.58. The van der Waals surface area contributed by atoms with Crippen LogP contribution in [0.25, 0.3) is 0 Å². The molecule has 2 heterocycles. The molecule has 0 N–H and O–H groups in total. The fraction of sp³-hybridized carbons (Fsp3) is 0.826. The van der Waals surface area contributed by atoms with Gasteiger partial charge in [0, 0.05) is 12.8 Å². The third-order valence-corrected chi connectivity index (χ3v) is 10.9. The second-order valence-corrected chi connectivity index (χ2v) is 15.6. The molecule has 2 rings (SSSR count). The molecule has 0 aromatic rings. The molecule has 1 atom stereocenters. The fourth-order valence-electron chi connectivity index (χ4n) is 7.55. The van der Waals surface area contributed by atoms with Crippen molar-refractivity contribution in [2.75, 3.05) is 26.7 Å². The highest BCUT2D eigenvalue weighted by Gasteiger charge is 2.41. The monoisotopic (exact) mass is 682 g/mol. The SMILES string of the molecule is CCCCCC=CCC=CCCCCCCCCC1(CCCCCCCCC=CCC=CCCCCC)OCC(CC2CCN(C)CC2)O1. The Hall–Kier alpha value is -1.16. The molecule has 3 nitrogen and oxygen atoms in total. The Kier molecular flexibility index (Phi) is 28.3. The first-order valence-electron chi connectivity index (χ1n) is 21.8. The van der Waals surface area contributed by atoms with Crippen molar-refractivity contribution in [3.8, 4) is 0 Å². The van der Waals surface area contributed by atoms with Gasteiger partial charge in [-0.25, -0.2) is 0 Å². The van der Waals surface area contributed by atoms with Gasteiger partial charge in [0.15, 0.2) is 5.79 Å². The number of ether oxygens (including phenoxy) is 2. The summed E-state index contributed by atoms with van der Waals surface area (Å²) in [4.78, 5) is 2.48. The van der Waals surface area contributed by atoms with E-state index in [1.807, 2.05) is 0 Å². The lowest BCUT2D eigenvalue weighted by molar-refractivity contribution is -0.181. The van der Waals surface area contributed by atoms with Crippen molar-refractivity contribution in [2.45, 2.75) is 212 Å². The van der Waals surface area contributed by atoms with Crippen LogP contribution >= 0.6 is 0 Å². The van der Waals surface area contributed by atoms with Crippen LogP contribution in [0.2, 0.25) is 0 Å². The predicted molar refractivity (Wildman–Crippen MR) is 216 cm³/mol. The molecule has 2 saturated heterocycles. The quantitative estimate of drug-likeness (QED) is 0.0521. The molecule has 2 aliphatic heterocycles. The smallest absolute Gasteiger partial charge is 0.168 e. The van der Waals surface area contributed by atoms with Gasteiger partial charge in [-0.15, -0.1) is 0 Å². The highest BCUT2D eigenvalue weighted by molar-refractivity contribution is 4.93. The van der Waals surface area contributed by atoms with E-state index in [0.717, 1.165) is 38.2 Å². The standard InChI is InChI=1S/C46H83NO2/c1-4-6-8-10-12-14-16-18-20-22-24-26-28-30-32-34-38-46(48-43-45(49-46)42-44-36-40-47(3)41-37-44)39-35-33-31-29-27-25-23-21-19-17-15-13-11-9-7-5-2/h12-15,18-21,44-45H,4-11,16-17,22-43H2,1-3H3. The second kappa shape index (κ2) is 31.6. The number of unbranched alkanes of at least 4 members (excludes halogenated alkanes) is 18. The van der Waals surface area contributed by atoms with E-state index in [0.29, 0.717) is 6.10 Å². The molecule has 0 aromatic heterocycles. The molecule has 0 aromatic carbocycles. The van der Waals surface area contributed by atoms with Crippen LogP contribution in [0.5, 0.6) is 0 Å². The van der Waals surface area contributed by atoms with Crippen LogP contribution in [-0.4, -0.2) is 43.5 Å². The van der Waals surface area contributed by atoms with Crippen LogP contribution < -0.4 is 0 Å². The molecule has 0 saturated carbocycles. The molecule has 0 spiro atoms. The number of hydrogen-bond acceptors (Lipinski definition) is 3. The Morgan fingerprint density at radius 3 is 1.39 bits per heavy atom. The van der Waals surface area contributed by atoms with E-state index in [4.69, 9.17) is 9.47 Å². The minimum atomic E-state index is -0.305. The average molecular weight is 682 g/mol. The largest absolute Gasteiger partial charge is 0.347 e. The van der Waals surface area contributed by atoms with Gasteiger partial charge in [0.05, 0.1) is 12.7 Å². The number of nitrogens with zero attached hydrogens (tertiary/aromatic N) is 1. The molecule has 0 radical (unpaired) electrons. The summed E-state index contributed by atoms with van der Waals surface area (Å²) >= 11 is 0. The van der Waals surface area contributed by atoms with Gasteiger partial charge in [-0.2, -0.15) is 0 Å². The van der Waals surface area contributed by atoms with Crippen LogP contribution in [-0.2, 0) is 9.47 Å². The van der Waals surface area contributed by atoms with Crippen molar-refractivity contribution in [1.82, 2.24) is 4.90 Å². The number of likely N-dealkylation sites (tertiary alicyclic amines) is 1. The van der Waals surface area contributed by atoms with Gasteiger partial charge >= 0.3 is 0 Å². The zero-order chi connectivity index (χ0) is 34.9. The van der Waals surface area contributed by atoms with E-state index in [9.17, 15) is 0 Å². The van der Waals surface area contributed by atoms with Crippen LogP contribution in [0.3, 0.4) is 0 Å². The zero-order valence-electron chi connectivity index (χ0n) is 33.2. The number of allylic oxidation sites excluding steroid dienone is 8. The molecular weight excluding hydrogens is 599 g/mol. The molecule has 2 aliphatic rings. The highest BCUT2D eigenvalue weighted by atomic mass is 16.7. The van der Waals surface area contributed by atoms with Gasteiger partial charge in [0.25, 0.3) is 0 Å². The summed E-state index contributed by atoms with van der Waals surface area (Å²) in [7, 11) is 2.26. The minimum absolute atomic E-state index is 0.305. The molecule has 0 bridgehead atoms. The van der Waals surface area contributed by atoms with Crippen LogP contribution in [0.4, 0.5) is 0 Å². The van der Waals surface area contributed by atoms with Gasteiger partial charge in [0.1, 0.15) is 0 Å². The maximum absolute atomic E-state index is 6.87. The minimum Gasteiger partial charge on any atom is -0.347 e. The van der Waals surface area contributed by atoms with E-state index in [1.165, 1.54) is 174 Å². The third kappa shape index (κ3) is 24.6. The lowest BCUT2D eigenvalue weighted by Crippen LogP contribution is -2.33. The van der Waals surface area contributed by atoms with E-state index in [2.05, 4.69) is 74.4 Å². The summed E-state index contributed by atoms with van der Waals surface area (Å²) < 4.78 is 13.5. The van der Waals surface area contributed by atoms with Gasteiger partial charge in [-0.3, -0.25) is 0 Å². The van der Waals surface area contributed by atoms with Gasteiger partial charge < -0.3 is 14.4 Å². The molecule has 3 heteroatoms. The summed E-state index contributed by atoms with van der Waals surface area (Å²) in [6.07, 6.45) is 56.4. The van der Waals surface area contributed by atoms with E-state index in [-0.39, 0.29) is 5.79 Å². The van der Waals surface area contributed by atoms with E-state index < -0.39 is 0 Å². The van der Waals surface area contributed by atoms with Crippen molar-refractivity contribution >= 4 is 0 Å². The second-order valence-electron chi connectivity index (χ2n) is 15.6. The number of rotatable bonds is 32. The lowest BCUT2D eigenvalue weighted by Gasteiger charge is -2.31. The zero-order valence-corrected chi connectivity index (χ0v) is 33.2. The topological polar surface area (TPSA) is 21.7 Å². The summed E-state index contributed by atoms with van der Waals surface area (Å²) in [6, 6.07) is 0. The number of piperidine rings is 1. The first-order chi connectivity index (χ1) is 24.2. The maximum atomic E-state index is 6.87. The van der Waals surface area contributed by atoms with Crippen LogP contribution in [0, 0.1) is 5.92 Å². The van der Waals surface area contributed by atoms with Crippen molar-refractivity contribution in [2.24, 2.45) is 5.92 Å². The summed E-state index contributed by atoms with van der Waals surface area (Å²) in [5, 5.41) is 0. The molecule has 0 amide bonds. The first kappa shape index (κ1) is 44.0. The predicted octanol–water partition coefficient (Wildman–Crippen LogP) is 14.2. The van der Waals surface area contributed by atoms with Crippen LogP contribution in [0.1, 0.15) is 200 Å². The van der Waals surface area contributed by atoms with Crippen molar-refractivity contribution in [3.05, 3.63) is 48.6 Å². The van der Waals surface area contributed by atoms with Gasteiger partial charge in [-0.05, 0) is 122 Å². The Morgan fingerprint density at radius 1 is 0.531 bits per heavy atom. The summed E-state index contributed by atoms with van der Waals surface area (Å²) in [5.74, 6) is 0.505. The van der Waals surface area contributed by atoms with Crippen molar-refractivity contribution < 1.29 is 9.47 Å². The summed E-state index contributed by atoms with van der Waals surface area (Å²) in [5.41, 5.74) is 0. The van der Waals surface area contributed by atoms with Gasteiger partial charge in [-0.1, -0.05) is 140 Å². The molecule has 1 unspecified atom stereocenters. The number of hydrogen-bond donors (Lipinski definition) is 0. The Morgan fingerprint density at radius 2 is 0.939 bits per heavy atom.